The molecule has 0 unspecified atom stereocenters. The summed E-state index contributed by atoms with van der Waals surface area (Å²) in [6.07, 6.45) is 8.94. The third-order valence-corrected chi connectivity index (χ3v) is 6.45. The van der Waals surface area contributed by atoms with Crippen LogP contribution in [0.25, 0.3) is 22.4 Å². The summed E-state index contributed by atoms with van der Waals surface area (Å²) >= 11 is 0. The van der Waals surface area contributed by atoms with Crippen molar-refractivity contribution in [1.82, 2.24) is 20.1 Å². The van der Waals surface area contributed by atoms with Gasteiger partial charge in [0.2, 0.25) is 5.91 Å². The second-order valence-electron chi connectivity index (χ2n) is 9.39. The molecular weight excluding hydrogens is 456 g/mol. The smallest absolute Gasteiger partial charge is 0.277 e. The van der Waals surface area contributed by atoms with Crippen LogP contribution < -0.4 is 10.6 Å². The molecule has 4 aromatic rings. The molecule has 9 nitrogen and oxygen atoms in total. The number of nitrogens with one attached hydrogen (secondary N) is 2. The molecule has 0 aliphatic heterocycles. The van der Waals surface area contributed by atoms with Crippen molar-refractivity contribution in [3.8, 4) is 22.4 Å². The van der Waals surface area contributed by atoms with Crippen LogP contribution in [0.1, 0.15) is 53.4 Å². The fourth-order valence-corrected chi connectivity index (χ4v) is 4.05. The third kappa shape index (κ3) is 4.72. The molecular formula is C27H24N6O3. The quantitative estimate of drug-likeness (QED) is 0.382. The molecule has 2 aliphatic rings. The Balaban J connectivity index is 1.23. The summed E-state index contributed by atoms with van der Waals surface area (Å²) in [5, 5.41) is 9.69. The second-order valence-corrected chi connectivity index (χ2v) is 9.39. The highest BCUT2D eigenvalue weighted by atomic mass is 16.5. The van der Waals surface area contributed by atoms with Crippen LogP contribution in [0.2, 0.25) is 0 Å². The summed E-state index contributed by atoms with van der Waals surface area (Å²) in [5.74, 6) is 1.41. The van der Waals surface area contributed by atoms with Crippen molar-refractivity contribution < 1.29 is 14.1 Å². The molecule has 0 saturated heterocycles. The number of aromatic nitrogens is 4. The summed E-state index contributed by atoms with van der Waals surface area (Å²) in [6, 6.07) is 11.2. The van der Waals surface area contributed by atoms with Crippen LogP contribution in [0.15, 0.2) is 59.6 Å². The zero-order valence-electron chi connectivity index (χ0n) is 19.7. The normalized spacial score (nSPS) is 14.9. The number of carbonyl (C=O) groups excluding carboxylic acids is 2. The van der Waals surface area contributed by atoms with Crippen LogP contribution in [0.5, 0.6) is 0 Å². The van der Waals surface area contributed by atoms with Gasteiger partial charge in [-0.2, -0.15) is 0 Å². The highest BCUT2D eigenvalue weighted by molar-refractivity contribution is 6.03. The summed E-state index contributed by atoms with van der Waals surface area (Å²) in [4.78, 5) is 37.8. The van der Waals surface area contributed by atoms with E-state index >= 15 is 0 Å². The van der Waals surface area contributed by atoms with Gasteiger partial charge in [0.1, 0.15) is 17.9 Å². The highest BCUT2D eigenvalue weighted by Gasteiger charge is 2.30. The maximum atomic E-state index is 12.7. The van der Waals surface area contributed by atoms with Gasteiger partial charge in [-0.15, -0.1) is 0 Å². The van der Waals surface area contributed by atoms with Gasteiger partial charge in [0, 0.05) is 53.2 Å². The number of aryl methyl sites for hydroxylation is 1. The molecule has 3 heterocycles. The maximum Gasteiger partial charge on any atom is 0.277 e. The lowest BCUT2D eigenvalue weighted by Crippen LogP contribution is -2.14. The van der Waals surface area contributed by atoms with Crippen molar-refractivity contribution in [2.45, 2.75) is 38.5 Å². The van der Waals surface area contributed by atoms with Gasteiger partial charge in [-0.1, -0.05) is 11.2 Å². The largest absolute Gasteiger partial charge is 0.360 e. The monoisotopic (exact) mass is 480 g/mol. The molecule has 6 rings (SSSR count). The molecule has 2 amide bonds. The average molecular weight is 481 g/mol. The summed E-state index contributed by atoms with van der Waals surface area (Å²) in [6.45, 7) is 2.00. The maximum absolute atomic E-state index is 12.7. The number of benzene rings is 1. The summed E-state index contributed by atoms with van der Waals surface area (Å²) in [5.41, 5.74) is 5.21. The van der Waals surface area contributed by atoms with Gasteiger partial charge in [0.25, 0.3) is 5.91 Å². The number of rotatable bonds is 7. The minimum atomic E-state index is -0.311. The van der Waals surface area contributed by atoms with Gasteiger partial charge in [-0.05, 0) is 61.9 Å². The fourth-order valence-electron chi connectivity index (χ4n) is 4.05. The molecule has 9 heteroatoms. The molecule has 2 aliphatic carbocycles. The van der Waals surface area contributed by atoms with Crippen molar-refractivity contribution in [3.05, 3.63) is 72.1 Å². The predicted octanol–water partition coefficient (Wildman–Crippen LogP) is 4.98. The zero-order chi connectivity index (χ0) is 24.6. The van der Waals surface area contributed by atoms with Crippen molar-refractivity contribution in [3.63, 3.8) is 0 Å². The number of amides is 2. The predicted molar refractivity (Wildman–Crippen MR) is 133 cm³/mol. The van der Waals surface area contributed by atoms with E-state index in [9.17, 15) is 9.59 Å². The third-order valence-electron chi connectivity index (χ3n) is 6.45. The first kappa shape index (κ1) is 22.1. The molecule has 180 valence electrons. The Labute approximate surface area is 207 Å². The van der Waals surface area contributed by atoms with Crippen LogP contribution >= 0.6 is 0 Å². The molecule has 0 spiro atoms. The Morgan fingerprint density at radius 1 is 0.944 bits per heavy atom. The molecule has 36 heavy (non-hydrogen) atoms. The lowest BCUT2D eigenvalue weighted by Gasteiger charge is -2.11. The number of carbonyl (C=O) groups is 2. The Kier molecular flexibility index (Phi) is 5.52. The van der Waals surface area contributed by atoms with Gasteiger partial charge in [0.05, 0.1) is 5.69 Å². The van der Waals surface area contributed by atoms with E-state index < -0.39 is 0 Å². The molecule has 1 aromatic carbocycles. The van der Waals surface area contributed by atoms with E-state index in [2.05, 4.69) is 30.7 Å². The first-order chi connectivity index (χ1) is 17.5. The average Bonchev–Trinajstić information content (AvgIpc) is 3.84. The molecule has 2 saturated carbocycles. The first-order valence-corrected chi connectivity index (χ1v) is 12.0. The van der Waals surface area contributed by atoms with Gasteiger partial charge in [-0.3, -0.25) is 14.6 Å². The van der Waals surface area contributed by atoms with Crippen LogP contribution in [0.3, 0.4) is 0 Å². The fraction of sp³-hybridized carbons (Fsp3) is 0.259. The van der Waals surface area contributed by atoms with Crippen molar-refractivity contribution >= 4 is 23.3 Å². The zero-order valence-corrected chi connectivity index (χ0v) is 19.7. The topological polar surface area (TPSA) is 123 Å². The van der Waals surface area contributed by atoms with Crippen LogP contribution in [-0.2, 0) is 4.79 Å². The molecule has 2 fully saturated rings. The van der Waals surface area contributed by atoms with Crippen LogP contribution in [0, 0.1) is 12.8 Å². The summed E-state index contributed by atoms with van der Waals surface area (Å²) in [7, 11) is 0. The molecule has 2 N–H and O–H groups in total. The van der Waals surface area contributed by atoms with E-state index in [4.69, 9.17) is 4.52 Å². The molecule has 0 atom stereocenters. The number of hydrogen-bond acceptors (Lipinski definition) is 7. The highest BCUT2D eigenvalue weighted by Crippen LogP contribution is 2.40. The van der Waals surface area contributed by atoms with Gasteiger partial charge < -0.3 is 15.2 Å². The van der Waals surface area contributed by atoms with E-state index in [-0.39, 0.29) is 23.4 Å². The Bertz CT molecular complexity index is 1470. The van der Waals surface area contributed by atoms with E-state index in [1.54, 1.807) is 24.5 Å². The minimum absolute atomic E-state index is 0.00426. The Hall–Kier alpha value is -4.40. The Morgan fingerprint density at radius 3 is 2.58 bits per heavy atom. The molecule has 3 aromatic heterocycles. The number of anilines is 2. The van der Waals surface area contributed by atoms with Gasteiger partial charge in [0.15, 0.2) is 5.69 Å². The SMILES string of the molecule is Cc1ccc(NC(=O)c2cc(C3CC3)on2)cc1-c1cncc(-c2cc(NC(=O)C3CC3)ncn2)c1. The van der Waals surface area contributed by atoms with Crippen molar-refractivity contribution in [2.24, 2.45) is 5.92 Å². The van der Waals surface area contributed by atoms with Crippen molar-refractivity contribution in [1.29, 1.82) is 0 Å². The summed E-state index contributed by atoms with van der Waals surface area (Å²) < 4.78 is 5.31. The van der Waals surface area contributed by atoms with Crippen LogP contribution in [0.4, 0.5) is 11.5 Å². The number of pyridine rings is 1. The number of nitrogens with zero attached hydrogens (tertiary/aromatic N) is 4. The lowest BCUT2D eigenvalue weighted by atomic mass is 9.99. The van der Waals surface area contributed by atoms with Crippen molar-refractivity contribution in [2.75, 3.05) is 10.6 Å². The molecule has 0 radical (unpaired) electrons. The van der Waals surface area contributed by atoms with E-state index in [1.165, 1.54) is 6.33 Å². The molecule has 0 bridgehead atoms. The first-order valence-electron chi connectivity index (χ1n) is 12.0. The van der Waals surface area contributed by atoms with E-state index in [0.717, 1.165) is 53.7 Å². The van der Waals surface area contributed by atoms with Crippen LogP contribution in [-0.4, -0.2) is 31.9 Å². The van der Waals surface area contributed by atoms with E-state index in [1.807, 2.05) is 31.2 Å². The van der Waals surface area contributed by atoms with Gasteiger partial charge >= 0.3 is 0 Å². The van der Waals surface area contributed by atoms with Gasteiger partial charge in [-0.25, -0.2) is 9.97 Å². The van der Waals surface area contributed by atoms with E-state index in [0.29, 0.717) is 23.1 Å². The lowest BCUT2D eigenvalue weighted by molar-refractivity contribution is -0.117. The minimum Gasteiger partial charge on any atom is -0.360 e. The standard InChI is InChI=1S/C27H24N6O3/c1-15-2-7-20(31-27(35)23-10-24(36-33-23)16-3-4-16)9-21(15)18-8-19(13-28-12-18)22-11-25(30-14-29-22)32-26(34)17-5-6-17/h2,7-14,16-17H,3-6H2,1H3,(H,31,35)(H,29,30,32,34). The second kappa shape index (κ2) is 8.99. The number of hydrogen-bond donors (Lipinski definition) is 2. The Morgan fingerprint density at radius 2 is 1.78 bits per heavy atom.